The standard InChI is InChI=1S/C15H12Cl2O3S/c1-2-20-14-11(16)7-9(8-12(14)17)6-10(15(18)19)13-4-3-5-21-13/h3-8H,2H2,1H3,(H,18,19)/b10-6-. The van der Waals surface area contributed by atoms with Crippen LogP contribution in [0, 0.1) is 0 Å². The highest BCUT2D eigenvalue weighted by atomic mass is 35.5. The SMILES string of the molecule is CCOc1c(Cl)cc(/C=C(\C(=O)O)c2cccs2)cc1Cl. The Bertz CT molecular complexity index is 655. The van der Waals surface area contributed by atoms with Gasteiger partial charge in [-0.2, -0.15) is 0 Å². The van der Waals surface area contributed by atoms with E-state index < -0.39 is 5.97 Å². The molecular weight excluding hydrogens is 331 g/mol. The minimum Gasteiger partial charge on any atom is -0.491 e. The van der Waals surface area contributed by atoms with Gasteiger partial charge in [-0.05, 0) is 42.1 Å². The van der Waals surface area contributed by atoms with Crippen molar-refractivity contribution in [2.75, 3.05) is 6.61 Å². The molecule has 0 atom stereocenters. The molecule has 0 radical (unpaired) electrons. The van der Waals surface area contributed by atoms with Crippen molar-refractivity contribution in [1.82, 2.24) is 0 Å². The van der Waals surface area contributed by atoms with Crippen LogP contribution in [0.4, 0.5) is 0 Å². The summed E-state index contributed by atoms with van der Waals surface area (Å²) in [5.41, 5.74) is 0.806. The van der Waals surface area contributed by atoms with Crippen LogP contribution >= 0.6 is 34.5 Å². The first-order valence-electron chi connectivity index (χ1n) is 6.13. The van der Waals surface area contributed by atoms with Crippen LogP contribution in [0.2, 0.25) is 10.0 Å². The number of benzene rings is 1. The molecule has 0 spiro atoms. The molecule has 110 valence electrons. The van der Waals surface area contributed by atoms with Crippen LogP contribution in [-0.4, -0.2) is 17.7 Å². The summed E-state index contributed by atoms with van der Waals surface area (Å²) in [5, 5.41) is 11.9. The van der Waals surface area contributed by atoms with E-state index in [4.69, 9.17) is 27.9 Å². The van der Waals surface area contributed by atoms with E-state index in [1.807, 2.05) is 12.3 Å². The average molecular weight is 343 g/mol. The van der Waals surface area contributed by atoms with Crippen molar-refractivity contribution in [1.29, 1.82) is 0 Å². The van der Waals surface area contributed by atoms with E-state index in [9.17, 15) is 9.90 Å². The van der Waals surface area contributed by atoms with Crippen molar-refractivity contribution in [3.63, 3.8) is 0 Å². The fraction of sp³-hybridized carbons (Fsp3) is 0.133. The molecule has 0 fully saturated rings. The summed E-state index contributed by atoms with van der Waals surface area (Å²) in [7, 11) is 0. The maximum atomic E-state index is 11.4. The van der Waals surface area contributed by atoms with Crippen molar-refractivity contribution in [2.45, 2.75) is 6.92 Å². The van der Waals surface area contributed by atoms with Gasteiger partial charge in [0.15, 0.2) is 5.75 Å². The van der Waals surface area contributed by atoms with Gasteiger partial charge >= 0.3 is 5.97 Å². The largest absolute Gasteiger partial charge is 0.491 e. The van der Waals surface area contributed by atoms with Crippen molar-refractivity contribution in [2.24, 2.45) is 0 Å². The van der Waals surface area contributed by atoms with E-state index in [1.54, 1.807) is 30.3 Å². The molecule has 0 saturated heterocycles. The van der Waals surface area contributed by atoms with Crippen LogP contribution < -0.4 is 4.74 Å². The maximum absolute atomic E-state index is 11.4. The summed E-state index contributed by atoms with van der Waals surface area (Å²) in [4.78, 5) is 12.1. The van der Waals surface area contributed by atoms with E-state index in [-0.39, 0.29) is 5.57 Å². The lowest BCUT2D eigenvalue weighted by Crippen LogP contribution is -1.98. The van der Waals surface area contributed by atoms with E-state index in [2.05, 4.69) is 0 Å². The van der Waals surface area contributed by atoms with E-state index >= 15 is 0 Å². The van der Waals surface area contributed by atoms with Gasteiger partial charge < -0.3 is 9.84 Å². The fourth-order valence-corrected chi connectivity index (χ4v) is 3.13. The molecule has 2 aromatic rings. The topological polar surface area (TPSA) is 46.5 Å². The molecule has 1 aromatic carbocycles. The lowest BCUT2D eigenvalue weighted by atomic mass is 10.1. The molecule has 0 amide bonds. The predicted octanol–water partition coefficient (Wildman–Crippen LogP) is 5.08. The highest BCUT2D eigenvalue weighted by Gasteiger charge is 2.13. The Hall–Kier alpha value is -1.49. The van der Waals surface area contributed by atoms with Crippen LogP contribution in [0.5, 0.6) is 5.75 Å². The molecule has 6 heteroatoms. The van der Waals surface area contributed by atoms with Crippen molar-refractivity contribution >= 4 is 52.2 Å². The number of thiophene rings is 1. The molecule has 1 aromatic heterocycles. The second kappa shape index (κ2) is 6.98. The lowest BCUT2D eigenvalue weighted by molar-refractivity contribution is -0.130. The van der Waals surface area contributed by atoms with E-state index in [0.717, 1.165) is 0 Å². The fourth-order valence-electron chi connectivity index (χ4n) is 1.78. The molecule has 0 unspecified atom stereocenters. The van der Waals surface area contributed by atoms with Gasteiger partial charge in [0.1, 0.15) is 0 Å². The number of hydrogen-bond donors (Lipinski definition) is 1. The zero-order valence-corrected chi connectivity index (χ0v) is 13.4. The molecule has 0 bridgehead atoms. The van der Waals surface area contributed by atoms with Crippen LogP contribution in [0.1, 0.15) is 17.4 Å². The number of halogens is 2. The van der Waals surface area contributed by atoms with Gasteiger partial charge in [-0.25, -0.2) is 4.79 Å². The number of rotatable bonds is 5. The molecule has 0 aliphatic heterocycles. The van der Waals surface area contributed by atoms with Gasteiger partial charge in [-0.3, -0.25) is 0 Å². The molecule has 2 rings (SSSR count). The van der Waals surface area contributed by atoms with Crippen molar-refractivity contribution < 1.29 is 14.6 Å². The van der Waals surface area contributed by atoms with Gasteiger partial charge in [0.05, 0.1) is 22.2 Å². The summed E-state index contributed by atoms with van der Waals surface area (Å²) in [6.45, 7) is 2.28. The van der Waals surface area contributed by atoms with Gasteiger partial charge in [0, 0.05) is 4.88 Å². The van der Waals surface area contributed by atoms with Gasteiger partial charge in [0.25, 0.3) is 0 Å². The van der Waals surface area contributed by atoms with E-state index in [0.29, 0.717) is 32.8 Å². The number of carboxylic acid groups (broad SMARTS) is 1. The number of carbonyl (C=O) groups is 1. The monoisotopic (exact) mass is 342 g/mol. The number of carboxylic acids is 1. The first-order valence-corrected chi connectivity index (χ1v) is 7.77. The van der Waals surface area contributed by atoms with Crippen molar-refractivity contribution in [3.8, 4) is 5.75 Å². The lowest BCUT2D eigenvalue weighted by Gasteiger charge is -2.09. The molecule has 0 aliphatic carbocycles. The smallest absolute Gasteiger partial charge is 0.337 e. The normalized spacial score (nSPS) is 11.5. The molecule has 0 aliphatic rings. The molecule has 1 heterocycles. The highest BCUT2D eigenvalue weighted by Crippen LogP contribution is 2.35. The van der Waals surface area contributed by atoms with Gasteiger partial charge in [0.2, 0.25) is 0 Å². The van der Waals surface area contributed by atoms with Crippen LogP contribution in [0.3, 0.4) is 0 Å². The Morgan fingerprint density at radius 2 is 2.05 bits per heavy atom. The first kappa shape index (κ1) is 15.9. The number of aliphatic carboxylic acids is 1. The predicted molar refractivity (Wildman–Crippen MR) is 87.5 cm³/mol. The quantitative estimate of drug-likeness (QED) is 0.770. The molecule has 3 nitrogen and oxygen atoms in total. The van der Waals surface area contributed by atoms with Gasteiger partial charge in [-0.1, -0.05) is 29.3 Å². The zero-order valence-electron chi connectivity index (χ0n) is 11.1. The van der Waals surface area contributed by atoms with Gasteiger partial charge in [-0.15, -0.1) is 11.3 Å². The Morgan fingerprint density at radius 3 is 2.52 bits per heavy atom. The number of ether oxygens (including phenoxy) is 1. The van der Waals surface area contributed by atoms with Crippen LogP contribution in [-0.2, 0) is 4.79 Å². The Labute approximate surface area is 136 Å². The molecule has 21 heavy (non-hydrogen) atoms. The minimum atomic E-state index is -1.00. The minimum absolute atomic E-state index is 0.196. The summed E-state index contributed by atoms with van der Waals surface area (Å²) in [6, 6.07) is 6.82. The zero-order chi connectivity index (χ0) is 15.4. The second-order valence-electron chi connectivity index (χ2n) is 4.09. The average Bonchev–Trinajstić information content (AvgIpc) is 2.93. The third kappa shape index (κ3) is 3.79. The second-order valence-corrected chi connectivity index (χ2v) is 5.85. The summed E-state index contributed by atoms with van der Waals surface area (Å²) in [5.74, 6) is -0.593. The molecular formula is C15H12Cl2O3S. The summed E-state index contributed by atoms with van der Waals surface area (Å²) < 4.78 is 5.35. The van der Waals surface area contributed by atoms with E-state index in [1.165, 1.54) is 11.3 Å². The van der Waals surface area contributed by atoms with Crippen LogP contribution in [0.15, 0.2) is 29.6 Å². The molecule has 0 saturated carbocycles. The number of hydrogen-bond acceptors (Lipinski definition) is 3. The third-order valence-corrected chi connectivity index (χ3v) is 4.10. The molecule has 1 N–H and O–H groups in total. The Morgan fingerprint density at radius 1 is 1.38 bits per heavy atom. The first-order chi connectivity index (χ1) is 10.0. The van der Waals surface area contributed by atoms with Crippen LogP contribution in [0.25, 0.3) is 11.6 Å². The Kier molecular flexibility index (Phi) is 5.28. The summed E-state index contributed by atoms with van der Waals surface area (Å²) in [6.07, 6.45) is 1.54. The van der Waals surface area contributed by atoms with Crippen molar-refractivity contribution in [3.05, 3.63) is 50.1 Å². The maximum Gasteiger partial charge on any atom is 0.337 e. The third-order valence-electron chi connectivity index (χ3n) is 2.64. The summed E-state index contributed by atoms with van der Waals surface area (Å²) >= 11 is 13.6. The highest BCUT2D eigenvalue weighted by molar-refractivity contribution is 7.11. The Balaban J connectivity index is 2.46.